The van der Waals surface area contributed by atoms with Gasteiger partial charge in [0.25, 0.3) is 0 Å². The monoisotopic (exact) mass is 276 g/mol. The van der Waals surface area contributed by atoms with Crippen LogP contribution < -0.4 is 0 Å². The predicted octanol–water partition coefficient (Wildman–Crippen LogP) is 4.23. The zero-order valence-corrected chi connectivity index (χ0v) is 12.0. The molecule has 4 heteroatoms. The molecule has 1 heterocycles. The molecule has 2 aromatic rings. The van der Waals surface area contributed by atoms with E-state index in [9.17, 15) is 4.79 Å². The normalized spacial score (nSPS) is 12.2. The summed E-state index contributed by atoms with van der Waals surface area (Å²) in [5.74, 6) is 0.568. The average molecular weight is 276 g/mol. The van der Waals surface area contributed by atoms with Crippen molar-refractivity contribution in [3.63, 3.8) is 0 Å². The van der Waals surface area contributed by atoms with E-state index in [0.717, 1.165) is 5.76 Å². The lowest BCUT2D eigenvalue weighted by atomic mass is 10.2. The summed E-state index contributed by atoms with van der Waals surface area (Å²) in [6.07, 6.45) is 0. The third-order valence-corrected chi connectivity index (χ3v) is 3.88. The average Bonchev–Trinajstić information content (AvgIpc) is 2.90. The number of aryl methyl sites for hydroxylation is 1. The van der Waals surface area contributed by atoms with Crippen LogP contribution in [0.5, 0.6) is 0 Å². The Bertz CT molecular complexity index is 557. The van der Waals surface area contributed by atoms with E-state index in [0.29, 0.717) is 0 Å². The van der Waals surface area contributed by atoms with Crippen molar-refractivity contribution in [2.45, 2.75) is 24.0 Å². The van der Waals surface area contributed by atoms with Crippen molar-refractivity contribution in [1.29, 1.82) is 0 Å². The Kier molecular flexibility index (Phi) is 4.32. The van der Waals surface area contributed by atoms with E-state index in [1.165, 1.54) is 17.6 Å². The molecule has 2 rings (SSSR count). The number of thioether (sulfide) groups is 1. The molecule has 3 nitrogen and oxygen atoms in total. The largest absolute Gasteiger partial charge is 0.463 e. The van der Waals surface area contributed by atoms with Gasteiger partial charge in [-0.1, -0.05) is 17.7 Å². The second-order valence-electron chi connectivity index (χ2n) is 4.27. The number of hydrogen-bond donors (Lipinski definition) is 0. The third kappa shape index (κ3) is 3.41. The first kappa shape index (κ1) is 13.7. The molecule has 1 aromatic carbocycles. The van der Waals surface area contributed by atoms with E-state index in [1.807, 2.05) is 13.0 Å². The molecule has 0 amide bonds. The lowest BCUT2D eigenvalue weighted by Gasteiger charge is -2.08. The van der Waals surface area contributed by atoms with Crippen molar-refractivity contribution in [3.8, 4) is 0 Å². The van der Waals surface area contributed by atoms with Crippen molar-refractivity contribution in [3.05, 3.63) is 53.5 Å². The Morgan fingerprint density at radius 1 is 1.21 bits per heavy atom. The number of rotatable bonds is 4. The Balaban J connectivity index is 2.07. The van der Waals surface area contributed by atoms with Gasteiger partial charge in [0.05, 0.1) is 12.4 Å². The number of carbonyl (C=O) groups excluding carboxylic acids is 1. The second kappa shape index (κ2) is 5.97. The van der Waals surface area contributed by atoms with E-state index < -0.39 is 5.97 Å². The van der Waals surface area contributed by atoms with E-state index >= 15 is 0 Å². The first-order valence-electron chi connectivity index (χ1n) is 6.01. The maximum atomic E-state index is 11.3. The fourth-order valence-corrected chi connectivity index (χ4v) is 2.60. The van der Waals surface area contributed by atoms with Gasteiger partial charge < -0.3 is 9.15 Å². The zero-order valence-electron chi connectivity index (χ0n) is 11.2. The fourth-order valence-electron chi connectivity index (χ4n) is 1.66. The Hall–Kier alpha value is -1.68. The lowest BCUT2D eigenvalue weighted by molar-refractivity contribution is 0.0563. The summed E-state index contributed by atoms with van der Waals surface area (Å²) in [4.78, 5) is 12.5. The first-order chi connectivity index (χ1) is 9.10. The van der Waals surface area contributed by atoms with Gasteiger partial charge in [-0.2, -0.15) is 0 Å². The van der Waals surface area contributed by atoms with Gasteiger partial charge in [0.15, 0.2) is 0 Å². The maximum Gasteiger partial charge on any atom is 0.373 e. The highest BCUT2D eigenvalue weighted by molar-refractivity contribution is 7.99. The van der Waals surface area contributed by atoms with Gasteiger partial charge in [-0.05, 0) is 38.1 Å². The molecule has 1 unspecified atom stereocenters. The molecular weight excluding hydrogens is 260 g/mol. The molecule has 19 heavy (non-hydrogen) atoms. The molecule has 0 aliphatic heterocycles. The van der Waals surface area contributed by atoms with Crippen LogP contribution in [0.25, 0.3) is 0 Å². The predicted molar refractivity (Wildman–Crippen MR) is 75.5 cm³/mol. The molecule has 0 aliphatic rings. The summed E-state index contributed by atoms with van der Waals surface area (Å²) >= 11 is 1.69. The highest BCUT2D eigenvalue weighted by Crippen LogP contribution is 2.35. The van der Waals surface area contributed by atoms with Crippen LogP contribution in [0.4, 0.5) is 0 Å². The molecule has 100 valence electrons. The molecule has 1 aromatic heterocycles. The van der Waals surface area contributed by atoms with Crippen LogP contribution in [-0.4, -0.2) is 13.1 Å². The molecule has 0 radical (unpaired) electrons. The van der Waals surface area contributed by atoms with Crippen molar-refractivity contribution < 1.29 is 13.9 Å². The minimum absolute atomic E-state index is 0.140. The summed E-state index contributed by atoms with van der Waals surface area (Å²) in [6, 6.07) is 11.8. The van der Waals surface area contributed by atoms with Crippen LogP contribution in [-0.2, 0) is 4.74 Å². The number of ether oxygens (including phenoxy) is 1. The van der Waals surface area contributed by atoms with Gasteiger partial charge >= 0.3 is 5.97 Å². The third-order valence-electron chi connectivity index (χ3n) is 2.75. The highest BCUT2D eigenvalue weighted by Gasteiger charge is 2.16. The van der Waals surface area contributed by atoms with Gasteiger partial charge in [0.1, 0.15) is 5.76 Å². The molecule has 0 saturated carbocycles. The van der Waals surface area contributed by atoms with E-state index in [-0.39, 0.29) is 11.0 Å². The Labute approximate surface area is 117 Å². The standard InChI is InChI=1S/C15H16O3S/c1-10-4-6-12(7-5-10)19-11(2)13-8-9-14(18-13)15(16)17-3/h4-9,11H,1-3H3. The number of esters is 1. The minimum Gasteiger partial charge on any atom is -0.463 e. The Morgan fingerprint density at radius 2 is 1.89 bits per heavy atom. The summed E-state index contributed by atoms with van der Waals surface area (Å²) in [5.41, 5.74) is 1.24. The Morgan fingerprint density at radius 3 is 2.53 bits per heavy atom. The molecular formula is C15H16O3S. The number of carbonyl (C=O) groups is 1. The summed E-state index contributed by atoms with van der Waals surface area (Å²) in [7, 11) is 1.34. The highest BCUT2D eigenvalue weighted by atomic mass is 32.2. The molecule has 0 bridgehead atoms. The molecule has 0 spiro atoms. The zero-order chi connectivity index (χ0) is 13.8. The van der Waals surface area contributed by atoms with E-state index in [1.54, 1.807) is 17.8 Å². The summed E-state index contributed by atoms with van der Waals surface area (Å²) in [6.45, 7) is 4.11. The quantitative estimate of drug-likeness (QED) is 0.619. The second-order valence-corrected chi connectivity index (χ2v) is 5.68. The van der Waals surface area contributed by atoms with Gasteiger partial charge in [0, 0.05) is 4.90 Å². The van der Waals surface area contributed by atoms with Gasteiger partial charge in [-0.15, -0.1) is 11.8 Å². The van der Waals surface area contributed by atoms with Gasteiger partial charge in [0.2, 0.25) is 5.76 Å². The van der Waals surface area contributed by atoms with Crippen LogP contribution in [0.2, 0.25) is 0 Å². The molecule has 0 fully saturated rings. The summed E-state index contributed by atoms with van der Waals surface area (Å²) in [5, 5.41) is 0.140. The molecule has 0 saturated heterocycles. The SMILES string of the molecule is COC(=O)c1ccc(C(C)Sc2ccc(C)cc2)o1. The van der Waals surface area contributed by atoms with E-state index in [4.69, 9.17) is 4.42 Å². The first-order valence-corrected chi connectivity index (χ1v) is 6.89. The molecule has 1 atom stereocenters. The van der Waals surface area contributed by atoms with Crippen molar-refractivity contribution in [2.24, 2.45) is 0 Å². The van der Waals surface area contributed by atoms with Crippen LogP contribution in [0, 0.1) is 6.92 Å². The van der Waals surface area contributed by atoms with Crippen molar-refractivity contribution in [2.75, 3.05) is 7.11 Å². The summed E-state index contributed by atoms with van der Waals surface area (Å²) < 4.78 is 10.1. The van der Waals surface area contributed by atoms with Gasteiger partial charge in [-0.3, -0.25) is 0 Å². The van der Waals surface area contributed by atoms with Crippen LogP contribution in [0.1, 0.15) is 34.1 Å². The number of benzene rings is 1. The van der Waals surface area contributed by atoms with Crippen LogP contribution >= 0.6 is 11.8 Å². The van der Waals surface area contributed by atoms with Crippen molar-refractivity contribution in [1.82, 2.24) is 0 Å². The number of methoxy groups -OCH3 is 1. The maximum absolute atomic E-state index is 11.3. The number of furan rings is 1. The number of hydrogen-bond acceptors (Lipinski definition) is 4. The van der Waals surface area contributed by atoms with Crippen molar-refractivity contribution >= 4 is 17.7 Å². The van der Waals surface area contributed by atoms with Crippen LogP contribution in [0.15, 0.2) is 45.7 Å². The van der Waals surface area contributed by atoms with Crippen LogP contribution in [0.3, 0.4) is 0 Å². The molecule has 0 N–H and O–H groups in total. The van der Waals surface area contributed by atoms with E-state index in [2.05, 4.69) is 35.9 Å². The minimum atomic E-state index is -0.446. The molecule has 0 aliphatic carbocycles. The lowest BCUT2D eigenvalue weighted by Crippen LogP contribution is -1.98. The topological polar surface area (TPSA) is 39.4 Å². The smallest absolute Gasteiger partial charge is 0.373 e. The van der Waals surface area contributed by atoms with Gasteiger partial charge in [-0.25, -0.2) is 4.79 Å². The fraction of sp³-hybridized carbons (Fsp3) is 0.267.